The van der Waals surface area contributed by atoms with Crippen LogP contribution in [0.2, 0.25) is 10.0 Å². The molecular formula is C20H22Cl2N2O3S. The maximum absolute atomic E-state index is 13.2. The normalized spacial score (nSPS) is 19.5. The van der Waals surface area contributed by atoms with Crippen LogP contribution in [0.25, 0.3) is 0 Å². The van der Waals surface area contributed by atoms with Gasteiger partial charge in [0, 0.05) is 18.0 Å². The Kier molecular flexibility index (Phi) is 6.78. The first kappa shape index (κ1) is 21.3. The van der Waals surface area contributed by atoms with E-state index in [4.69, 9.17) is 27.9 Å². The number of aliphatic hydroxyl groups excluding tert-OH is 1. The molecule has 2 aromatic carbocycles. The summed E-state index contributed by atoms with van der Waals surface area (Å²) in [5.41, 5.74) is 1.50. The van der Waals surface area contributed by atoms with E-state index in [1.54, 1.807) is 24.1 Å². The number of amides is 1. The summed E-state index contributed by atoms with van der Waals surface area (Å²) >= 11 is 13.9. The number of carbonyl (C=O) groups is 1. The molecule has 28 heavy (non-hydrogen) atoms. The highest BCUT2D eigenvalue weighted by Gasteiger charge is 2.37. The summed E-state index contributed by atoms with van der Waals surface area (Å²) in [5, 5.41) is 11.2. The van der Waals surface area contributed by atoms with Gasteiger partial charge < -0.3 is 19.6 Å². The molecule has 3 rings (SSSR count). The first-order chi connectivity index (χ1) is 13.3. The molecule has 0 saturated carbocycles. The number of aliphatic hydroxyl groups is 1. The predicted molar refractivity (Wildman–Crippen MR) is 115 cm³/mol. The topological polar surface area (TPSA) is 53.0 Å². The van der Waals surface area contributed by atoms with E-state index >= 15 is 0 Å². The average Bonchev–Trinajstić information content (AvgIpc) is 2.77. The quantitative estimate of drug-likeness (QED) is 0.757. The third kappa shape index (κ3) is 4.42. The molecule has 0 saturated heterocycles. The van der Waals surface area contributed by atoms with Crippen LogP contribution in [-0.2, 0) is 4.79 Å². The zero-order chi connectivity index (χ0) is 20.4. The molecule has 1 aliphatic rings. The number of hydrogen-bond acceptors (Lipinski definition) is 5. The number of hydrogen-bond donors (Lipinski definition) is 1. The van der Waals surface area contributed by atoms with Crippen molar-refractivity contribution in [3.05, 3.63) is 52.0 Å². The van der Waals surface area contributed by atoms with Gasteiger partial charge in [0.25, 0.3) is 5.91 Å². The van der Waals surface area contributed by atoms with Gasteiger partial charge in [0.1, 0.15) is 11.9 Å². The van der Waals surface area contributed by atoms with Crippen molar-refractivity contribution in [1.82, 2.24) is 4.90 Å². The Morgan fingerprint density at radius 3 is 2.43 bits per heavy atom. The van der Waals surface area contributed by atoms with Crippen molar-refractivity contribution in [3.8, 4) is 5.75 Å². The monoisotopic (exact) mass is 440 g/mol. The zero-order valence-electron chi connectivity index (χ0n) is 15.9. The summed E-state index contributed by atoms with van der Waals surface area (Å²) in [6, 6.07) is 10.8. The molecule has 8 heteroatoms. The molecule has 0 radical (unpaired) electrons. The molecule has 2 aromatic rings. The third-order valence-electron chi connectivity index (χ3n) is 4.57. The fraction of sp³-hybridized carbons (Fsp3) is 0.350. The van der Waals surface area contributed by atoms with Gasteiger partial charge in [-0.2, -0.15) is 0 Å². The number of benzene rings is 2. The fourth-order valence-corrected chi connectivity index (χ4v) is 4.68. The molecule has 5 nitrogen and oxygen atoms in total. The van der Waals surface area contributed by atoms with Gasteiger partial charge in [-0.3, -0.25) is 4.79 Å². The first-order valence-corrected chi connectivity index (χ1v) is 10.4. The van der Waals surface area contributed by atoms with E-state index in [9.17, 15) is 9.90 Å². The van der Waals surface area contributed by atoms with Crippen LogP contribution in [0.1, 0.15) is 10.8 Å². The lowest BCUT2D eigenvalue weighted by Gasteiger charge is -2.26. The van der Waals surface area contributed by atoms with E-state index in [0.717, 1.165) is 10.5 Å². The number of carbonyl (C=O) groups excluding carboxylic acids is 1. The highest BCUT2D eigenvalue weighted by Crippen LogP contribution is 2.48. The Morgan fingerprint density at radius 2 is 1.82 bits per heavy atom. The largest absolute Gasteiger partial charge is 0.497 e. The van der Waals surface area contributed by atoms with Gasteiger partial charge in [-0.25, -0.2) is 0 Å². The number of thioether (sulfide) groups is 1. The van der Waals surface area contributed by atoms with E-state index in [1.807, 2.05) is 43.3 Å². The molecule has 0 fully saturated rings. The summed E-state index contributed by atoms with van der Waals surface area (Å²) in [6.45, 7) is 1.08. The zero-order valence-corrected chi connectivity index (χ0v) is 18.2. The lowest BCUT2D eigenvalue weighted by molar-refractivity contribution is -0.126. The van der Waals surface area contributed by atoms with Crippen molar-refractivity contribution in [2.24, 2.45) is 0 Å². The van der Waals surface area contributed by atoms with Crippen LogP contribution in [0.5, 0.6) is 5.75 Å². The van der Waals surface area contributed by atoms with Crippen molar-refractivity contribution in [1.29, 1.82) is 0 Å². The Bertz CT molecular complexity index is 861. The SMILES string of the molecule is COc1ccc([C@H]2Sc3cc(Cl)c(Cl)cc3N(CCN(C)C)C(=O)[C@H]2O)cc1. The molecule has 1 amide bonds. The molecule has 1 aliphatic heterocycles. The molecule has 2 atom stereocenters. The number of likely N-dealkylation sites (N-methyl/N-ethyl adjacent to an activating group) is 1. The highest BCUT2D eigenvalue weighted by atomic mass is 35.5. The van der Waals surface area contributed by atoms with Crippen molar-refractivity contribution < 1.29 is 14.6 Å². The molecule has 150 valence electrons. The molecule has 0 aliphatic carbocycles. The van der Waals surface area contributed by atoms with E-state index in [1.165, 1.54) is 11.8 Å². The second kappa shape index (κ2) is 8.93. The van der Waals surface area contributed by atoms with Crippen LogP contribution < -0.4 is 9.64 Å². The minimum absolute atomic E-state index is 0.354. The minimum Gasteiger partial charge on any atom is -0.497 e. The summed E-state index contributed by atoms with van der Waals surface area (Å²) in [4.78, 5) is 17.5. The van der Waals surface area contributed by atoms with Gasteiger partial charge in [-0.15, -0.1) is 11.8 Å². The van der Waals surface area contributed by atoms with Crippen molar-refractivity contribution in [3.63, 3.8) is 0 Å². The van der Waals surface area contributed by atoms with Crippen molar-refractivity contribution in [2.45, 2.75) is 16.2 Å². The molecule has 0 unspecified atom stereocenters. The molecule has 0 aromatic heterocycles. The Labute approximate surface area is 179 Å². The van der Waals surface area contributed by atoms with Crippen LogP contribution in [-0.4, -0.2) is 56.3 Å². The standard InChI is InChI=1S/C20H22Cl2N2O3S/c1-23(2)8-9-24-16-10-14(21)15(22)11-17(16)28-19(18(25)20(24)26)12-4-6-13(27-3)7-5-12/h4-7,10-11,18-19,25H,8-9H2,1-3H3/t18-,19+/m0/s1. The second-order valence-electron chi connectivity index (χ2n) is 6.78. The maximum atomic E-state index is 13.2. The van der Waals surface area contributed by atoms with Gasteiger partial charge in [0.2, 0.25) is 0 Å². The van der Waals surface area contributed by atoms with E-state index in [0.29, 0.717) is 34.6 Å². The highest BCUT2D eigenvalue weighted by molar-refractivity contribution is 7.99. The van der Waals surface area contributed by atoms with Crippen LogP contribution in [0.15, 0.2) is 41.3 Å². The lowest BCUT2D eigenvalue weighted by atomic mass is 10.1. The van der Waals surface area contributed by atoms with Gasteiger partial charge in [-0.05, 0) is 43.9 Å². The number of anilines is 1. The summed E-state index contributed by atoms with van der Waals surface area (Å²) in [7, 11) is 5.46. The Balaban J connectivity index is 2.05. The Hall–Kier alpha value is -1.44. The van der Waals surface area contributed by atoms with Crippen LogP contribution in [0, 0.1) is 0 Å². The summed E-state index contributed by atoms with van der Waals surface area (Å²) in [5.74, 6) is 0.360. The third-order valence-corrected chi connectivity index (χ3v) is 6.65. The van der Waals surface area contributed by atoms with E-state index < -0.39 is 11.4 Å². The van der Waals surface area contributed by atoms with Crippen LogP contribution in [0.3, 0.4) is 0 Å². The number of fused-ring (bicyclic) bond motifs is 1. The Morgan fingerprint density at radius 1 is 1.18 bits per heavy atom. The maximum Gasteiger partial charge on any atom is 0.257 e. The molecule has 0 bridgehead atoms. The molecule has 1 N–H and O–H groups in total. The number of halogens is 2. The molecule has 1 heterocycles. The minimum atomic E-state index is -1.20. The van der Waals surface area contributed by atoms with Crippen LogP contribution in [0.4, 0.5) is 5.69 Å². The van der Waals surface area contributed by atoms with E-state index in [-0.39, 0.29) is 5.91 Å². The average molecular weight is 441 g/mol. The lowest BCUT2D eigenvalue weighted by Crippen LogP contribution is -2.43. The summed E-state index contributed by atoms with van der Waals surface area (Å²) < 4.78 is 5.20. The smallest absolute Gasteiger partial charge is 0.257 e. The number of methoxy groups -OCH3 is 1. The van der Waals surface area contributed by atoms with Gasteiger partial charge in [-0.1, -0.05) is 35.3 Å². The van der Waals surface area contributed by atoms with Gasteiger partial charge in [0.05, 0.1) is 28.1 Å². The van der Waals surface area contributed by atoms with Crippen molar-refractivity contribution in [2.75, 3.05) is 39.2 Å². The van der Waals surface area contributed by atoms with Crippen molar-refractivity contribution >= 4 is 46.6 Å². The van der Waals surface area contributed by atoms with Gasteiger partial charge >= 0.3 is 0 Å². The fourth-order valence-electron chi connectivity index (χ4n) is 3.01. The number of ether oxygens (including phenoxy) is 1. The summed E-state index contributed by atoms with van der Waals surface area (Å²) in [6.07, 6.45) is -1.20. The number of nitrogens with zero attached hydrogens (tertiary/aromatic N) is 2. The molecule has 0 spiro atoms. The first-order valence-electron chi connectivity index (χ1n) is 8.75. The van der Waals surface area contributed by atoms with Gasteiger partial charge in [0.15, 0.2) is 0 Å². The predicted octanol–water partition coefficient (Wildman–Crippen LogP) is 4.10. The molecular weight excluding hydrogens is 419 g/mol. The second-order valence-corrected chi connectivity index (χ2v) is 8.78. The van der Waals surface area contributed by atoms with E-state index in [2.05, 4.69) is 0 Å². The van der Waals surface area contributed by atoms with Crippen LogP contribution >= 0.6 is 35.0 Å². The number of rotatable bonds is 5.